The van der Waals surface area contributed by atoms with Crippen LogP contribution in [0.3, 0.4) is 0 Å². The number of aromatic nitrogens is 2. The van der Waals surface area contributed by atoms with Crippen LogP contribution in [0.25, 0.3) is 0 Å². The molecule has 1 rings (SSSR count). The maximum atomic E-state index is 11.3. The van der Waals surface area contributed by atoms with Crippen molar-refractivity contribution in [2.24, 2.45) is 0 Å². The van der Waals surface area contributed by atoms with Gasteiger partial charge in [-0.2, -0.15) is 5.10 Å². The molecule has 0 atom stereocenters. The van der Waals surface area contributed by atoms with Gasteiger partial charge in [0.05, 0.1) is 6.20 Å². The van der Waals surface area contributed by atoms with Crippen LogP contribution < -0.4 is 0 Å². The molecule has 0 spiro atoms. The molecule has 1 aromatic rings. The van der Waals surface area contributed by atoms with Gasteiger partial charge in [0.25, 0.3) is 0 Å². The van der Waals surface area contributed by atoms with Gasteiger partial charge in [-0.15, -0.1) is 11.6 Å². The Morgan fingerprint density at radius 2 is 2.33 bits per heavy atom. The molecule has 1 aromatic heterocycles. The molecule has 1 heterocycles. The fraction of sp³-hybridized carbons (Fsp3) is 0.600. The summed E-state index contributed by atoms with van der Waals surface area (Å²) >= 11 is 5.47. The van der Waals surface area contributed by atoms with Crippen LogP contribution in [0.4, 0.5) is 0 Å². The molecule has 5 heteroatoms. The fourth-order valence-corrected chi connectivity index (χ4v) is 1.61. The van der Waals surface area contributed by atoms with Gasteiger partial charge in [-0.3, -0.25) is 9.48 Å². The van der Waals surface area contributed by atoms with E-state index in [0.717, 1.165) is 17.8 Å². The van der Waals surface area contributed by atoms with Crippen LogP contribution >= 0.6 is 11.6 Å². The highest BCUT2D eigenvalue weighted by atomic mass is 35.5. The Bertz CT molecular complexity index is 348. The first-order chi connectivity index (χ1) is 7.10. The van der Waals surface area contributed by atoms with E-state index in [1.54, 1.807) is 18.1 Å². The molecule has 4 nitrogen and oxygen atoms in total. The molecule has 0 aliphatic heterocycles. The summed E-state index contributed by atoms with van der Waals surface area (Å²) in [6.07, 6.45) is 1.80. The van der Waals surface area contributed by atoms with Crippen molar-refractivity contribution in [3.63, 3.8) is 0 Å². The molecule has 0 unspecified atom stereocenters. The molecule has 1 amide bonds. The predicted molar refractivity (Wildman–Crippen MR) is 59.8 cm³/mol. The second-order valence-corrected chi connectivity index (χ2v) is 3.72. The number of rotatable bonds is 4. The lowest BCUT2D eigenvalue weighted by atomic mass is 10.2. The molecule has 0 bridgehead atoms. The smallest absolute Gasteiger partial charge is 0.237 e. The van der Waals surface area contributed by atoms with Crippen molar-refractivity contribution in [1.82, 2.24) is 14.7 Å². The van der Waals surface area contributed by atoms with Crippen molar-refractivity contribution >= 4 is 17.5 Å². The van der Waals surface area contributed by atoms with E-state index >= 15 is 0 Å². The predicted octanol–water partition coefficient (Wildman–Crippen LogP) is 1.41. The maximum Gasteiger partial charge on any atom is 0.237 e. The summed E-state index contributed by atoms with van der Waals surface area (Å²) in [5.74, 6) is -0.0439. The lowest BCUT2D eigenvalue weighted by Gasteiger charge is -2.15. The number of carbonyl (C=O) groups excluding carboxylic acids is 1. The van der Waals surface area contributed by atoms with Gasteiger partial charge < -0.3 is 4.90 Å². The largest absolute Gasteiger partial charge is 0.340 e. The number of halogens is 1. The lowest BCUT2D eigenvalue weighted by Crippen LogP contribution is -2.27. The number of amides is 1. The first kappa shape index (κ1) is 12.0. The molecule has 0 saturated heterocycles. The van der Waals surface area contributed by atoms with E-state index < -0.39 is 0 Å². The number of hydrogen-bond donors (Lipinski definition) is 0. The van der Waals surface area contributed by atoms with Crippen LogP contribution in [0, 0.1) is 6.92 Å². The Kier molecular flexibility index (Phi) is 4.15. The third-order valence-corrected chi connectivity index (χ3v) is 2.68. The standard InChI is InChI=1S/C10H16ClN3O/c1-4-14-8(2)9(6-12-14)7-13(3)10(15)5-11/h6H,4-5,7H2,1-3H3. The van der Waals surface area contributed by atoms with E-state index in [9.17, 15) is 4.79 Å². The van der Waals surface area contributed by atoms with Gasteiger partial charge in [-0.25, -0.2) is 0 Å². The third kappa shape index (κ3) is 2.72. The average molecular weight is 230 g/mol. The lowest BCUT2D eigenvalue weighted by molar-refractivity contribution is -0.127. The zero-order valence-electron chi connectivity index (χ0n) is 9.33. The topological polar surface area (TPSA) is 38.1 Å². The minimum atomic E-state index is -0.0692. The van der Waals surface area contributed by atoms with Gasteiger partial charge in [-0.05, 0) is 13.8 Å². The van der Waals surface area contributed by atoms with Gasteiger partial charge in [0.1, 0.15) is 5.88 Å². The molecular formula is C10H16ClN3O. The highest BCUT2D eigenvalue weighted by Crippen LogP contribution is 2.09. The first-order valence-electron chi connectivity index (χ1n) is 4.91. The molecule has 15 heavy (non-hydrogen) atoms. The van der Waals surface area contributed by atoms with Gasteiger partial charge in [-0.1, -0.05) is 0 Å². The minimum Gasteiger partial charge on any atom is -0.340 e. The van der Waals surface area contributed by atoms with E-state index in [1.165, 1.54) is 0 Å². The fourth-order valence-electron chi connectivity index (χ4n) is 1.40. The summed E-state index contributed by atoms with van der Waals surface area (Å²) in [5, 5.41) is 4.22. The second-order valence-electron chi connectivity index (χ2n) is 3.45. The third-order valence-electron chi connectivity index (χ3n) is 2.45. The van der Waals surface area contributed by atoms with Crippen LogP contribution in [0.15, 0.2) is 6.20 Å². The van der Waals surface area contributed by atoms with Crippen LogP contribution in [0.1, 0.15) is 18.2 Å². The number of hydrogen-bond acceptors (Lipinski definition) is 2. The summed E-state index contributed by atoms with van der Waals surface area (Å²) in [7, 11) is 1.74. The molecule has 0 N–H and O–H groups in total. The highest BCUT2D eigenvalue weighted by Gasteiger charge is 2.11. The van der Waals surface area contributed by atoms with E-state index in [1.807, 2.05) is 18.5 Å². The summed E-state index contributed by atoms with van der Waals surface area (Å²) in [6.45, 7) is 5.46. The van der Waals surface area contributed by atoms with Crippen LogP contribution in [0.2, 0.25) is 0 Å². The van der Waals surface area contributed by atoms with E-state index in [-0.39, 0.29) is 11.8 Å². The summed E-state index contributed by atoms with van der Waals surface area (Å²) in [6, 6.07) is 0. The van der Waals surface area contributed by atoms with Crippen LogP contribution in [-0.2, 0) is 17.9 Å². The zero-order valence-corrected chi connectivity index (χ0v) is 10.1. The average Bonchev–Trinajstić information content (AvgIpc) is 2.58. The van der Waals surface area contributed by atoms with E-state index in [0.29, 0.717) is 6.54 Å². The quantitative estimate of drug-likeness (QED) is 0.733. The summed E-state index contributed by atoms with van der Waals surface area (Å²) < 4.78 is 1.91. The first-order valence-corrected chi connectivity index (χ1v) is 5.44. The number of alkyl halides is 1. The molecule has 84 valence electrons. The Balaban J connectivity index is 2.72. The van der Waals surface area contributed by atoms with Gasteiger partial charge >= 0.3 is 0 Å². The van der Waals surface area contributed by atoms with Crippen molar-refractivity contribution in [2.45, 2.75) is 26.9 Å². The van der Waals surface area contributed by atoms with Crippen LogP contribution in [-0.4, -0.2) is 33.5 Å². The molecule has 0 fully saturated rings. The zero-order chi connectivity index (χ0) is 11.4. The van der Waals surface area contributed by atoms with Crippen molar-refractivity contribution in [1.29, 1.82) is 0 Å². The maximum absolute atomic E-state index is 11.3. The molecule has 0 aliphatic carbocycles. The van der Waals surface area contributed by atoms with Crippen molar-refractivity contribution in [3.05, 3.63) is 17.5 Å². The molecular weight excluding hydrogens is 214 g/mol. The highest BCUT2D eigenvalue weighted by molar-refractivity contribution is 6.27. The molecule has 0 aliphatic rings. The number of nitrogens with zero attached hydrogens (tertiary/aromatic N) is 3. The number of carbonyl (C=O) groups is 1. The molecule has 0 saturated carbocycles. The summed E-state index contributed by atoms with van der Waals surface area (Å²) in [5.41, 5.74) is 2.17. The van der Waals surface area contributed by atoms with Gasteiger partial charge in [0.2, 0.25) is 5.91 Å². The monoisotopic (exact) mass is 229 g/mol. The van der Waals surface area contributed by atoms with E-state index in [2.05, 4.69) is 5.10 Å². The Labute approximate surface area is 94.8 Å². The second kappa shape index (κ2) is 5.16. The van der Waals surface area contributed by atoms with Crippen molar-refractivity contribution < 1.29 is 4.79 Å². The van der Waals surface area contributed by atoms with Gasteiger partial charge in [0.15, 0.2) is 0 Å². The normalized spacial score (nSPS) is 10.4. The Morgan fingerprint density at radius 1 is 1.67 bits per heavy atom. The Morgan fingerprint density at radius 3 is 2.80 bits per heavy atom. The Hall–Kier alpha value is -1.03. The molecule has 0 radical (unpaired) electrons. The van der Waals surface area contributed by atoms with Gasteiger partial charge in [0, 0.05) is 31.4 Å². The number of aryl methyl sites for hydroxylation is 1. The molecule has 0 aromatic carbocycles. The van der Waals surface area contributed by atoms with Crippen LogP contribution in [0.5, 0.6) is 0 Å². The van der Waals surface area contributed by atoms with E-state index in [4.69, 9.17) is 11.6 Å². The van der Waals surface area contributed by atoms with Crippen molar-refractivity contribution in [3.8, 4) is 0 Å². The minimum absolute atomic E-state index is 0.0253. The SMILES string of the molecule is CCn1ncc(CN(C)C(=O)CCl)c1C. The van der Waals surface area contributed by atoms with Crippen molar-refractivity contribution in [2.75, 3.05) is 12.9 Å². The summed E-state index contributed by atoms with van der Waals surface area (Å²) in [4.78, 5) is 12.9.